The Bertz CT molecular complexity index is 377. The Morgan fingerprint density at radius 3 is 2.40 bits per heavy atom. The fourth-order valence-electron chi connectivity index (χ4n) is 2.35. The van der Waals surface area contributed by atoms with Crippen molar-refractivity contribution in [2.45, 2.75) is 59.4 Å². The molecule has 5 heteroatoms. The molecule has 1 heterocycles. The quantitative estimate of drug-likeness (QED) is 0.834. The highest BCUT2D eigenvalue weighted by atomic mass is 16.4. The van der Waals surface area contributed by atoms with Crippen molar-refractivity contribution in [3.05, 3.63) is 0 Å². The normalized spacial score (nSPS) is 20.6. The van der Waals surface area contributed by atoms with Gasteiger partial charge in [0.1, 0.15) is 0 Å². The molecule has 1 aliphatic heterocycles. The molecule has 1 saturated heterocycles. The van der Waals surface area contributed by atoms with Crippen LogP contribution in [-0.2, 0) is 4.79 Å². The SMILES string of the molecule is CCC1CCCN(C(=O)NC(C)(C)C(C)(C)C(=O)O)C1. The average Bonchev–Trinajstić information content (AvgIpc) is 2.37. The van der Waals surface area contributed by atoms with Crippen LogP contribution in [0, 0.1) is 11.3 Å². The smallest absolute Gasteiger partial charge is 0.317 e. The molecule has 2 N–H and O–H groups in total. The van der Waals surface area contributed by atoms with E-state index in [-0.39, 0.29) is 6.03 Å². The first-order valence-electron chi connectivity index (χ1n) is 7.42. The zero-order valence-electron chi connectivity index (χ0n) is 13.3. The summed E-state index contributed by atoms with van der Waals surface area (Å²) in [6.07, 6.45) is 3.27. The maximum absolute atomic E-state index is 12.4. The molecule has 0 aromatic heterocycles. The van der Waals surface area contributed by atoms with Crippen LogP contribution in [0.25, 0.3) is 0 Å². The first-order valence-corrected chi connectivity index (χ1v) is 7.42. The second kappa shape index (κ2) is 6.02. The zero-order chi connectivity index (χ0) is 15.6. The van der Waals surface area contributed by atoms with E-state index in [1.54, 1.807) is 27.7 Å². The molecule has 1 aliphatic rings. The Morgan fingerprint density at radius 2 is 1.90 bits per heavy atom. The second-order valence-corrected chi connectivity index (χ2v) is 6.85. The Kier molecular flexibility index (Phi) is 5.05. The van der Waals surface area contributed by atoms with Gasteiger partial charge in [0, 0.05) is 13.1 Å². The molecular weight excluding hydrogens is 256 g/mol. The summed E-state index contributed by atoms with van der Waals surface area (Å²) in [5.41, 5.74) is -1.84. The van der Waals surface area contributed by atoms with Crippen molar-refractivity contribution in [2.75, 3.05) is 13.1 Å². The first-order chi connectivity index (χ1) is 9.11. The standard InChI is InChI=1S/C15H28N2O3/c1-6-11-8-7-9-17(10-11)13(20)16-15(4,5)14(2,3)12(18)19/h11H,6-10H2,1-5H3,(H,16,20)(H,18,19). The molecule has 0 aliphatic carbocycles. The molecule has 1 atom stereocenters. The van der Waals surface area contributed by atoms with Crippen LogP contribution < -0.4 is 5.32 Å². The highest BCUT2D eigenvalue weighted by Crippen LogP contribution is 2.31. The van der Waals surface area contributed by atoms with E-state index in [1.165, 1.54) is 6.42 Å². The fraction of sp³-hybridized carbons (Fsp3) is 0.867. The lowest BCUT2D eigenvalue weighted by molar-refractivity contribution is -0.150. The number of piperidine rings is 1. The van der Waals surface area contributed by atoms with Gasteiger partial charge in [-0.1, -0.05) is 13.3 Å². The lowest BCUT2D eigenvalue weighted by Gasteiger charge is -2.41. The number of carbonyl (C=O) groups is 2. The van der Waals surface area contributed by atoms with Gasteiger partial charge in [-0.25, -0.2) is 4.79 Å². The van der Waals surface area contributed by atoms with Crippen molar-refractivity contribution in [2.24, 2.45) is 11.3 Å². The number of rotatable bonds is 4. The van der Waals surface area contributed by atoms with E-state index in [0.29, 0.717) is 5.92 Å². The number of hydrogen-bond donors (Lipinski definition) is 2. The molecule has 0 aromatic carbocycles. The highest BCUT2D eigenvalue weighted by Gasteiger charge is 2.45. The number of urea groups is 1. The number of carbonyl (C=O) groups excluding carboxylic acids is 1. The third-order valence-electron chi connectivity index (χ3n) is 4.90. The Hall–Kier alpha value is -1.26. The largest absolute Gasteiger partial charge is 0.481 e. The maximum Gasteiger partial charge on any atom is 0.317 e. The topological polar surface area (TPSA) is 69.6 Å². The Labute approximate surface area is 121 Å². The number of nitrogens with one attached hydrogen (secondary N) is 1. The van der Waals surface area contributed by atoms with E-state index in [4.69, 9.17) is 0 Å². The number of aliphatic carboxylic acids is 1. The van der Waals surface area contributed by atoms with E-state index in [9.17, 15) is 14.7 Å². The predicted octanol–water partition coefficient (Wildman–Crippen LogP) is 2.71. The van der Waals surface area contributed by atoms with Crippen LogP contribution in [0.4, 0.5) is 4.79 Å². The molecule has 0 radical (unpaired) electrons. The number of carboxylic acids is 1. The minimum absolute atomic E-state index is 0.150. The van der Waals surface area contributed by atoms with Gasteiger partial charge in [-0.2, -0.15) is 0 Å². The fourth-order valence-corrected chi connectivity index (χ4v) is 2.35. The number of hydrogen-bond acceptors (Lipinski definition) is 2. The summed E-state index contributed by atoms with van der Waals surface area (Å²) in [5, 5.41) is 12.2. The van der Waals surface area contributed by atoms with Crippen molar-refractivity contribution < 1.29 is 14.7 Å². The zero-order valence-corrected chi connectivity index (χ0v) is 13.3. The van der Waals surface area contributed by atoms with Gasteiger partial charge in [0.25, 0.3) is 0 Å². The molecular formula is C15H28N2O3. The van der Waals surface area contributed by atoms with Crippen LogP contribution in [0.15, 0.2) is 0 Å². The molecule has 1 rings (SSSR count). The van der Waals surface area contributed by atoms with Gasteiger partial charge in [0.15, 0.2) is 0 Å². The summed E-state index contributed by atoms with van der Waals surface area (Å²) in [7, 11) is 0. The van der Waals surface area contributed by atoms with E-state index in [1.807, 2.05) is 4.90 Å². The molecule has 116 valence electrons. The summed E-state index contributed by atoms with van der Waals surface area (Å²) in [4.78, 5) is 25.5. The van der Waals surface area contributed by atoms with Gasteiger partial charge < -0.3 is 15.3 Å². The lowest BCUT2D eigenvalue weighted by atomic mass is 9.74. The third kappa shape index (κ3) is 3.44. The first kappa shape index (κ1) is 16.8. The number of likely N-dealkylation sites (tertiary alicyclic amines) is 1. The predicted molar refractivity (Wildman–Crippen MR) is 78.6 cm³/mol. The van der Waals surface area contributed by atoms with Crippen molar-refractivity contribution in [1.82, 2.24) is 10.2 Å². The van der Waals surface area contributed by atoms with Gasteiger partial charge in [-0.05, 0) is 46.5 Å². The summed E-state index contributed by atoms with van der Waals surface area (Å²) in [6.45, 7) is 10.5. The molecule has 0 spiro atoms. The summed E-state index contributed by atoms with van der Waals surface area (Å²) in [5.74, 6) is -0.349. The molecule has 0 aromatic rings. The summed E-state index contributed by atoms with van der Waals surface area (Å²) < 4.78 is 0. The number of nitrogens with zero attached hydrogens (tertiary/aromatic N) is 1. The van der Waals surface area contributed by atoms with Crippen molar-refractivity contribution >= 4 is 12.0 Å². The molecule has 1 fully saturated rings. The average molecular weight is 284 g/mol. The van der Waals surface area contributed by atoms with Gasteiger partial charge in [-0.15, -0.1) is 0 Å². The van der Waals surface area contributed by atoms with Crippen LogP contribution in [0.3, 0.4) is 0 Å². The van der Waals surface area contributed by atoms with Crippen molar-refractivity contribution in [1.29, 1.82) is 0 Å². The molecule has 5 nitrogen and oxygen atoms in total. The van der Waals surface area contributed by atoms with E-state index >= 15 is 0 Å². The Morgan fingerprint density at radius 1 is 1.30 bits per heavy atom. The van der Waals surface area contributed by atoms with Crippen LogP contribution in [0.2, 0.25) is 0 Å². The third-order valence-corrected chi connectivity index (χ3v) is 4.90. The summed E-state index contributed by atoms with van der Waals surface area (Å²) >= 11 is 0. The van der Waals surface area contributed by atoms with Crippen LogP contribution in [0.5, 0.6) is 0 Å². The van der Waals surface area contributed by atoms with Gasteiger partial charge in [0.05, 0.1) is 11.0 Å². The number of carboxylic acid groups (broad SMARTS) is 1. The number of amides is 2. The lowest BCUT2D eigenvalue weighted by Crippen LogP contribution is -2.60. The molecule has 0 saturated carbocycles. The molecule has 1 unspecified atom stereocenters. The molecule has 2 amide bonds. The minimum atomic E-state index is -1.03. The highest BCUT2D eigenvalue weighted by molar-refractivity contribution is 5.79. The van der Waals surface area contributed by atoms with Crippen molar-refractivity contribution in [3.63, 3.8) is 0 Å². The molecule has 20 heavy (non-hydrogen) atoms. The monoisotopic (exact) mass is 284 g/mol. The van der Waals surface area contributed by atoms with Gasteiger partial charge >= 0.3 is 12.0 Å². The second-order valence-electron chi connectivity index (χ2n) is 6.85. The summed E-state index contributed by atoms with van der Waals surface area (Å²) in [6, 6.07) is -0.150. The van der Waals surface area contributed by atoms with E-state index in [0.717, 1.165) is 25.9 Å². The molecule has 0 bridgehead atoms. The maximum atomic E-state index is 12.4. The van der Waals surface area contributed by atoms with Crippen LogP contribution in [0.1, 0.15) is 53.9 Å². The Balaban J connectivity index is 2.72. The van der Waals surface area contributed by atoms with E-state index < -0.39 is 16.9 Å². The minimum Gasteiger partial charge on any atom is -0.481 e. The van der Waals surface area contributed by atoms with Gasteiger partial charge in [-0.3, -0.25) is 4.79 Å². The van der Waals surface area contributed by atoms with Gasteiger partial charge in [0.2, 0.25) is 0 Å². The van der Waals surface area contributed by atoms with Crippen molar-refractivity contribution in [3.8, 4) is 0 Å². The van der Waals surface area contributed by atoms with E-state index in [2.05, 4.69) is 12.2 Å². The van der Waals surface area contributed by atoms with Crippen LogP contribution >= 0.6 is 0 Å². The van der Waals surface area contributed by atoms with Crippen LogP contribution in [-0.4, -0.2) is 40.6 Å².